The Labute approximate surface area is 210 Å². The zero-order chi connectivity index (χ0) is 25.1. The van der Waals surface area contributed by atoms with Crippen LogP contribution in [0.5, 0.6) is 5.75 Å². The lowest BCUT2D eigenvalue weighted by molar-refractivity contribution is 0.0603. The Balaban J connectivity index is 1.15. The molecule has 1 aliphatic heterocycles. The van der Waals surface area contributed by atoms with Crippen LogP contribution in [-0.2, 0) is 0 Å². The first kappa shape index (κ1) is 23.3. The lowest BCUT2D eigenvalue weighted by Crippen LogP contribution is -2.41. The predicted octanol–water partition coefficient (Wildman–Crippen LogP) is 5.72. The highest BCUT2D eigenvalue weighted by atomic mass is 16.5. The molecule has 36 heavy (non-hydrogen) atoms. The second kappa shape index (κ2) is 10.0. The summed E-state index contributed by atoms with van der Waals surface area (Å²) in [5.41, 5.74) is 4.15. The van der Waals surface area contributed by atoms with Gasteiger partial charge >= 0.3 is 0 Å². The Kier molecular flexibility index (Phi) is 6.50. The van der Waals surface area contributed by atoms with E-state index in [2.05, 4.69) is 4.99 Å². The van der Waals surface area contributed by atoms with Gasteiger partial charge in [0.15, 0.2) is 0 Å². The van der Waals surface area contributed by atoms with E-state index in [1.165, 1.54) is 4.90 Å². The molecule has 0 aliphatic carbocycles. The Morgan fingerprint density at radius 2 is 1.47 bits per heavy atom. The van der Waals surface area contributed by atoms with Crippen molar-refractivity contribution in [3.05, 3.63) is 102 Å². The van der Waals surface area contributed by atoms with Crippen LogP contribution < -0.4 is 9.64 Å². The van der Waals surface area contributed by atoms with E-state index in [0.29, 0.717) is 30.7 Å². The van der Waals surface area contributed by atoms with E-state index in [1.807, 2.05) is 98.0 Å². The quantitative estimate of drug-likeness (QED) is 0.185. The van der Waals surface area contributed by atoms with Gasteiger partial charge in [-0.3, -0.25) is 19.5 Å². The zero-order valence-corrected chi connectivity index (χ0v) is 20.3. The number of hydrogen-bond acceptors (Lipinski definition) is 5. The minimum Gasteiger partial charge on any atom is -0.494 e. The molecule has 0 fully saturated rings. The number of benzene rings is 4. The maximum Gasteiger partial charge on any atom is 0.261 e. The summed E-state index contributed by atoms with van der Waals surface area (Å²) < 4.78 is 5.85. The molecule has 0 N–H and O–H groups in total. The summed E-state index contributed by atoms with van der Waals surface area (Å²) in [5.74, 6) is 0.238. The van der Waals surface area contributed by atoms with Gasteiger partial charge in [0.1, 0.15) is 5.75 Å². The Morgan fingerprint density at radius 1 is 0.833 bits per heavy atom. The van der Waals surface area contributed by atoms with Crippen molar-refractivity contribution in [2.45, 2.75) is 6.42 Å². The molecule has 0 saturated heterocycles. The highest BCUT2D eigenvalue weighted by molar-refractivity contribution is 6.25. The number of aliphatic imine (C=N–C) groups is 1. The van der Waals surface area contributed by atoms with Crippen LogP contribution in [0.2, 0.25) is 0 Å². The Bertz CT molecular complexity index is 1390. The van der Waals surface area contributed by atoms with E-state index in [0.717, 1.165) is 33.5 Å². The van der Waals surface area contributed by atoms with Gasteiger partial charge in [-0.15, -0.1) is 0 Å². The molecule has 6 nitrogen and oxygen atoms in total. The molecule has 0 unspecified atom stereocenters. The average Bonchev–Trinajstić information content (AvgIpc) is 2.91. The summed E-state index contributed by atoms with van der Waals surface area (Å²) in [6.45, 7) is 0.703. The number of carbonyl (C=O) groups excluding carboxylic acids is 2. The maximum absolute atomic E-state index is 13.0. The van der Waals surface area contributed by atoms with Crippen molar-refractivity contribution in [1.82, 2.24) is 4.90 Å². The van der Waals surface area contributed by atoms with Gasteiger partial charge in [0, 0.05) is 49.1 Å². The highest BCUT2D eigenvalue weighted by Crippen LogP contribution is 2.30. The van der Waals surface area contributed by atoms with Gasteiger partial charge in [0.25, 0.3) is 11.8 Å². The minimum atomic E-state index is -0.246. The van der Waals surface area contributed by atoms with Gasteiger partial charge in [0.05, 0.1) is 12.3 Å². The van der Waals surface area contributed by atoms with Crippen LogP contribution in [0.25, 0.3) is 10.8 Å². The molecular formula is C30H27N3O3. The molecule has 2 amide bonds. The fraction of sp³-hybridized carbons (Fsp3) is 0.167. The number of imide groups is 1. The highest BCUT2D eigenvalue weighted by Gasteiger charge is 2.32. The van der Waals surface area contributed by atoms with Gasteiger partial charge in [-0.05, 0) is 78.0 Å². The summed E-state index contributed by atoms with van der Waals surface area (Å²) in [6, 6.07) is 26.8. The van der Waals surface area contributed by atoms with Crippen LogP contribution in [-0.4, -0.2) is 50.2 Å². The molecule has 4 aromatic carbocycles. The molecule has 0 radical (unpaired) electrons. The van der Waals surface area contributed by atoms with Crippen LogP contribution in [0.4, 0.5) is 11.4 Å². The first-order chi connectivity index (χ1) is 17.5. The molecule has 0 bridgehead atoms. The first-order valence-corrected chi connectivity index (χ1v) is 11.9. The number of hydrogen-bond donors (Lipinski definition) is 0. The van der Waals surface area contributed by atoms with Crippen LogP contribution in [0, 0.1) is 0 Å². The van der Waals surface area contributed by atoms with E-state index in [1.54, 1.807) is 12.1 Å². The number of amides is 2. The molecule has 1 aliphatic rings. The predicted molar refractivity (Wildman–Crippen MR) is 144 cm³/mol. The van der Waals surface area contributed by atoms with Crippen molar-refractivity contribution in [3.63, 3.8) is 0 Å². The largest absolute Gasteiger partial charge is 0.494 e. The Hall–Kier alpha value is -4.45. The molecule has 4 aromatic rings. The number of anilines is 1. The summed E-state index contributed by atoms with van der Waals surface area (Å²) in [6.07, 6.45) is 2.36. The molecule has 0 spiro atoms. The summed E-state index contributed by atoms with van der Waals surface area (Å²) in [5, 5.41) is 1.65. The van der Waals surface area contributed by atoms with Crippen LogP contribution in [0.3, 0.4) is 0 Å². The van der Waals surface area contributed by atoms with Crippen LogP contribution >= 0.6 is 0 Å². The van der Waals surface area contributed by atoms with Gasteiger partial charge < -0.3 is 9.64 Å². The van der Waals surface area contributed by atoms with Crippen LogP contribution in [0.15, 0.2) is 89.9 Å². The third-order valence-electron chi connectivity index (χ3n) is 6.26. The van der Waals surface area contributed by atoms with Crippen molar-refractivity contribution in [1.29, 1.82) is 0 Å². The molecule has 1 heterocycles. The molecule has 5 rings (SSSR count). The minimum absolute atomic E-state index is 0.246. The van der Waals surface area contributed by atoms with Gasteiger partial charge in [-0.25, -0.2) is 0 Å². The number of rotatable bonds is 8. The summed E-state index contributed by atoms with van der Waals surface area (Å²) in [4.78, 5) is 33.8. The standard InChI is InChI=1S/C30H27N3O3/c1-32(2)24-14-12-23(13-15-24)31-20-21-10-16-25(17-11-21)36-19-5-18-33-29(34)26-8-3-6-22-7-4-9-27(28(22)26)30(33)35/h3-4,6-17,20H,5,18-19H2,1-2H3. The van der Waals surface area contributed by atoms with Crippen molar-refractivity contribution >= 4 is 40.2 Å². The smallest absolute Gasteiger partial charge is 0.261 e. The molecule has 0 aromatic heterocycles. The number of nitrogens with zero attached hydrogens (tertiary/aromatic N) is 3. The third-order valence-corrected chi connectivity index (χ3v) is 6.26. The van der Waals surface area contributed by atoms with Crippen LogP contribution in [0.1, 0.15) is 32.7 Å². The normalized spacial score (nSPS) is 13.0. The fourth-order valence-corrected chi connectivity index (χ4v) is 4.33. The number of ether oxygens (including phenoxy) is 1. The van der Waals surface area contributed by atoms with Gasteiger partial charge in [-0.1, -0.05) is 24.3 Å². The second-order valence-electron chi connectivity index (χ2n) is 8.91. The molecule has 0 atom stereocenters. The molecule has 0 saturated carbocycles. The summed E-state index contributed by atoms with van der Waals surface area (Å²) in [7, 11) is 4.02. The first-order valence-electron chi connectivity index (χ1n) is 11.9. The lowest BCUT2D eigenvalue weighted by atomic mass is 9.94. The summed E-state index contributed by atoms with van der Waals surface area (Å²) >= 11 is 0. The van der Waals surface area contributed by atoms with Crippen molar-refractivity contribution < 1.29 is 14.3 Å². The van der Waals surface area contributed by atoms with Gasteiger partial charge in [-0.2, -0.15) is 0 Å². The Morgan fingerprint density at radius 3 is 2.08 bits per heavy atom. The monoisotopic (exact) mass is 477 g/mol. The molecular weight excluding hydrogens is 450 g/mol. The zero-order valence-electron chi connectivity index (χ0n) is 20.3. The third kappa shape index (κ3) is 4.70. The lowest BCUT2D eigenvalue weighted by Gasteiger charge is -2.27. The van der Waals surface area contributed by atoms with E-state index < -0.39 is 0 Å². The topological polar surface area (TPSA) is 62.2 Å². The van der Waals surface area contributed by atoms with E-state index in [9.17, 15) is 9.59 Å². The van der Waals surface area contributed by atoms with Crippen molar-refractivity contribution in [3.8, 4) is 5.75 Å². The average molecular weight is 478 g/mol. The van der Waals surface area contributed by atoms with Gasteiger partial charge in [0.2, 0.25) is 0 Å². The molecule has 6 heteroatoms. The maximum atomic E-state index is 13.0. The SMILES string of the molecule is CN(C)c1ccc(N=Cc2ccc(OCCCN3C(=O)c4cccc5cccc(c45)C3=O)cc2)cc1. The van der Waals surface area contributed by atoms with E-state index >= 15 is 0 Å². The van der Waals surface area contributed by atoms with E-state index in [4.69, 9.17) is 4.74 Å². The van der Waals surface area contributed by atoms with Crippen molar-refractivity contribution in [2.75, 3.05) is 32.1 Å². The second-order valence-corrected chi connectivity index (χ2v) is 8.91. The van der Waals surface area contributed by atoms with Crippen molar-refractivity contribution in [2.24, 2.45) is 4.99 Å². The molecule has 180 valence electrons. The number of carbonyl (C=O) groups is 2. The fourth-order valence-electron chi connectivity index (χ4n) is 4.33. The van der Waals surface area contributed by atoms with E-state index in [-0.39, 0.29) is 11.8 Å².